The quantitative estimate of drug-likeness (QED) is 0.296. The van der Waals surface area contributed by atoms with Crippen LogP contribution in [0, 0.1) is 11.3 Å². The summed E-state index contributed by atoms with van der Waals surface area (Å²) in [5, 5.41) is 11.3. The number of β-amino-alcohol motifs (C(OH)–C–C–N with tert-alkyl or cyclic N) is 1. The van der Waals surface area contributed by atoms with Gasteiger partial charge in [0.05, 0.1) is 23.7 Å². The van der Waals surface area contributed by atoms with E-state index in [9.17, 15) is 9.90 Å². The Hall–Kier alpha value is -3.66. The SMILES string of the molecule is CCOc1cc(C(C)(C)C)ncc1C1=N[C@@](C)(c2ccc(Cl)cc2)[C@@](C)(c2ccc(Cl)cc2)N1C(=O)N1C[C@H]2C[C@]2(C(=O)N2CCC(O)C2)C1. The fraction of sp³-hybridized carbons (Fsp3) is 0.487. The van der Waals surface area contributed by atoms with Crippen LogP contribution in [-0.2, 0) is 21.3 Å². The van der Waals surface area contributed by atoms with Crippen LogP contribution in [0.5, 0.6) is 5.75 Å². The molecule has 3 fully saturated rings. The number of likely N-dealkylation sites (tertiary alicyclic amines) is 2. The summed E-state index contributed by atoms with van der Waals surface area (Å²) in [7, 11) is 0. The first-order chi connectivity index (χ1) is 23.6. The minimum Gasteiger partial charge on any atom is -0.493 e. The highest BCUT2D eigenvalue weighted by Crippen LogP contribution is 2.60. The van der Waals surface area contributed by atoms with Gasteiger partial charge in [-0.15, -0.1) is 0 Å². The molecule has 11 heteroatoms. The fourth-order valence-electron chi connectivity index (χ4n) is 8.20. The van der Waals surface area contributed by atoms with Crippen LogP contribution >= 0.6 is 23.2 Å². The van der Waals surface area contributed by atoms with Crippen LogP contribution in [0.2, 0.25) is 10.0 Å². The zero-order chi connectivity index (χ0) is 35.8. The maximum absolute atomic E-state index is 15.4. The number of carbonyl (C=O) groups is 2. The van der Waals surface area contributed by atoms with E-state index >= 15 is 4.79 Å². The summed E-state index contributed by atoms with van der Waals surface area (Å²) in [5.41, 5.74) is 0.214. The molecule has 1 aliphatic carbocycles. The Balaban J connectivity index is 1.39. The van der Waals surface area contributed by atoms with Gasteiger partial charge in [0.2, 0.25) is 5.91 Å². The summed E-state index contributed by atoms with van der Waals surface area (Å²) in [6.07, 6.45) is 2.59. The van der Waals surface area contributed by atoms with Crippen molar-refractivity contribution in [3.05, 3.63) is 93.2 Å². The number of amides is 3. The summed E-state index contributed by atoms with van der Waals surface area (Å²) >= 11 is 12.8. The van der Waals surface area contributed by atoms with E-state index in [1.165, 1.54) is 0 Å². The summed E-state index contributed by atoms with van der Waals surface area (Å²) in [5.74, 6) is 1.13. The van der Waals surface area contributed by atoms with E-state index < -0.39 is 22.6 Å². The molecule has 2 aromatic carbocycles. The van der Waals surface area contributed by atoms with E-state index in [1.54, 1.807) is 16.0 Å². The Bertz CT molecular complexity index is 1860. The van der Waals surface area contributed by atoms with E-state index in [0.29, 0.717) is 66.4 Å². The molecule has 1 aromatic heterocycles. The average molecular weight is 719 g/mol. The molecule has 9 nitrogen and oxygen atoms in total. The van der Waals surface area contributed by atoms with Crippen LogP contribution in [0.3, 0.4) is 0 Å². The second-order valence-electron chi connectivity index (χ2n) is 15.6. The van der Waals surface area contributed by atoms with Crippen molar-refractivity contribution in [2.75, 3.05) is 32.8 Å². The van der Waals surface area contributed by atoms with Crippen molar-refractivity contribution in [1.82, 2.24) is 19.7 Å². The molecule has 1 unspecified atom stereocenters. The van der Waals surface area contributed by atoms with Crippen LogP contribution in [0.1, 0.15) is 76.8 Å². The fourth-order valence-corrected chi connectivity index (χ4v) is 8.45. The van der Waals surface area contributed by atoms with Crippen molar-refractivity contribution < 1.29 is 19.4 Å². The number of aliphatic hydroxyl groups excluding tert-OH is 1. The van der Waals surface area contributed by atoms with Crippen LogP contribution < -0.4 is 4.74 Å². The van der Waals surface area contributed by atoms with Crippen LogP contribution in [0.4, 0.5) is 4.79 Å². The number of aliphatic imine (C=N–C) groups is 1. The number of fused-ring (bicyclic) bond motifs is 1. The molecule has 50 heavy (non-hydrogen) atoms. The van der Waals surface area contributed by atoms with Gasteiger partial charge in [-0.2, -0.15) is 0 Å². The van der Waals surface area contributed by atoms with Gasteiger partial charge in [0.15, 0.2) is 0 Å². The number of pyridine rings is 1. The molecule has 0 radical (unpaired) electrons. The molecular weight excluding hydrogens is 673 g/mol. The van der Waals surface area contributed by atoms with Gasteiger partial charge in [-0.3, -0.25) is 19.7 Å². The minimum atomic E-state index is -1.08. The lowest BCUT2D eigenvalue weighted by atomic mass is 9.71. The van der Waals surface area contributed by atoms with Crippen molar-refractivity contribution in [1.29, 1.82) is 0 Å². The molecule has 4 aliphatic rings. The van der Waals surface area contributed by atoms with Gasteiger partial charge in [0.25, 0.3) is 0 Å². The molecule has 3 amide bonds. The lowest BCUT2D eigenvalue weighted by molar-refractivity contribution is -0.136. The van der Waals surface area contributed by atoms with E-state index in [0.717, 1.165) is 23.2 Å². The third-order valence-corrected chi connectivity index (χ3v) is 11.9. The highest BCUT2D eigenvalue weighted by atomic mass is 35.5. The Labute approximate surface area is 304 Å². The normalized spacial score (nSPS) is 28.9. The average Bonchev–Trinajstić information content (AvgIpc) is 3.31. The van der Waals surface area contributed by atoms with Crippen molar-refractivity contribution in [2.24, 2.45) is 16.3 Å². The van der Waals surface area contributed by atoms with Crippen LogP contribution in [0.25, 0.3) is 0 Å². The molecule has 4 heterocycles. The number of amidine groups is 1. The molecule has 1 N–H and O–H groups in total. The van der Waals surface area contributed by atoms with Crippen molar-refractivity contribution in [3.8, 4) is 5.75 Å². The maximum Gasteiger partial charge on any atom is 0.326 e. The van der Waals surface area contributed by atoms with Crippen molar-refractivity contribution in [3.63, 3.8) is 0 Å². The van der Waals surface area contributed by atoms with Crippen molar-refractivity contribution >= 4 is 41.0 Å². The van der Waals surface area contributed by atoms with Gasteiger partial charge in [-0.25, -0.2) is 4.79 Å². The summed E-state index contributed by atoms with van der Waals surface area (Å²) in [6, 6.07) is 16.9. The number of aliphatic hydroxyl groups is 1. The van der Waals surface area contributed by atoms with Gasteiger partial charge in [0.1, 0.15) is 22.7 Å². The first kappa shape index (κ1) is 34.8. The number of hydrogen-bond acceptors (Lipinski definition) is 6. The van der Waals surface area contributed by atoms with Crippen molar-refractivity contribution in [2.45, 2.75) is 77.0 Å². The van der Waals surface area contributed by atoms with Gasteiger partial charge < -0.3 is 19.6 Å². The number of carbonyl (C=O) groups excluding carboxylic acids is 2. The van der Waals surface area contributed by atoms with Gasteiger partial charge >= 0.3 is 6.03 Å². The standard InChI is InChI=1S/C39H45Cl2N5O4/c1-7-50-31-18-32(36(2,3)4)42-20-30(31)33-43-37(5,24-8-12-27(40)13-9-24)38(6,25-10-14-28(41)15-11-25)46(33)35(49)45-21-26-19-39(26,23-45)34(48)44-17-16-29(47)22-44/h8-15,18,20,26,29,47H,7,16-17,19,21-23H2,1-6H3/t26-,29?,37+,38-,39+/m1/s1. The van der Waals surface area contributed by atoms with E-state index in [2.05, 4.69) is 20.8 Å². The lowest BCUT2D eigenvalue weighted by Crippen LogP contribution is -2.58. The molecule has 1 saturated carbocycles. The number of rotatable bonds is 6. The number of halogens is 2. The third kappa shape index (κ3) is 5.47. The number of urea groups is 1. The first-order valence-electron chi connectivity index (χ1n) is 17.4. The Kier molecular flexibility index (Phi) is 8.51. The van der Waals surface area contributed by atoms with Gasteiger partial charge in [-0.1, -0.05) is 68.2 Å². The maximum atomic E-state index is 15.4. The van der Waals surface area contributed by atoms with Crippen LogP contribution in [-0.4, -0.2) is 81.5 Å². The predicted molar refractivity (Wildman–Crippen MR) is 195 cm³/mol. The van der Waals surface area contributed by atoms with E-state index in [1.807, 2.05) is 80.3 Å². The predicted octanol–water partition coefficient (Wildman–Crippen LogP) is 7.01. The lowest BCUT2D eigenvalue weighted by Gasteiger charge is -2.46. The molecule has 3 aliphatic heterocycles. The smallest absolute Gasteiger partial charge is 0.326 e. The highest BCUT2D eigenvalue weighted by Gasteiger charge is 2.68. The van der Waals surface area contributed by atoms with E-state index in [-0.39, 0.29) is 23.3 Å². The Morgan fingerprint density at radius 2 is 1.62 bits per heavy atom. The summed E-state index contributed by atoms with van der Waals surface area (Å²) in [6.45, 7) is 14.4. The van der Waals surface area contributed by atoms with E-state index in [4.69, 9.17) is 37.9 Å². The second kappa shape index (κ2) is 12.2. The Morgan fingerprint density at radius 3 is 2.20 bits per heavy atom. The van der Waals surface area contributed by atoms with Gasteiger partial charge in [0, 0.05) is 59.6 Å². The molecule has 5 atom stereocenters. The molecule has 0 spiro atoms. The summed E-state index contributed by atoms with van der Waals surface area (Å²) in [4.78, 5) is 45.0. The zero-order valence-corrected chi connectivity index (χ0v) is 31.1. The third-order valence-electron chi connectivity index (χ3n) is 11.4. The summed E-state index contributed by atoms with van der Waals surface area (Å²) < 4.78 is 6.28. The van der Waals surface area contributed by atoms with Crippen LogP contribution in [0.15, 0.2) is 65.8 Å². The molecular formula is C39H45Cl2N5O4. The highest BCUT2D eigenvalue weighted by molar-refractivity contribution is 6.30. The first-order valence-corrected chi connectivity index (χ1v) is 18.2. The molecule has 7 rings (SSSR count). The minimum absolute atomic E-state index is 0.0386. The number of aromatic nitrogens is 1. The molecule has 0 bridgehead atoms. The number of benzene rings is 2. The zero-order valence-electron chi connectivity index (χ0n) is 29.5. The largest absolute Gasteiger partial charge is 0.493 e. The second-order valence-corrected chi connectivity index (χ2v) is 16.5. The van der Waals surface area contributed by atoms with Gasteiger partial charge in [-0.05, 0) is 74.9 Å². The number of nitrogens with zero attached hydrogens (tertiary/aromatic N) is 5. The topological polar surface area (TPSA) is 98.6 Å². The number of hydrogen-bond donors (Lipinski definition) is 1. The molecule has 2 saturated heterocycles. The molecule has 264 valence electrons. The number of ether oxygens (including phenoxy) is 1. The molecule has 3 aromatic rings. The number of piperidine rings is 1. The Morgan fingerprint density at radius 1 is 0.980 bits per heavy atom. The monoisotopic (exact) mass is 717 g/mol.